The first-order valence-corrected chi connectivity index (χ1v) is 5.70. The molecule has 2 aromatic heterocycles. The lowest BCUT2D eigenvalue weighted by molar-refractivity contribution is 0.0987. The Balaban J connectivity index is 1.92. The molecule has 0 aliphatic heterocycles. The van der Waals surface area contributed by atoms with Gasteiger partial charge in [-0.05, 0) is 35.6 Å². The maximum atomic E-state index is 11.7. The lowest BCUT2D eigenvalue weighted by Crippen LogP contribution is -1.98. The van der Waals surface area contributed by atoms with E-state index in [2.05, 4.69) is 4.98 Å². The number of nitrogens with zero attached hydrogens (tertiary/aromatic N) is 1. The normalized spacial score (nSPS) is 10.1. The number of aryl methyl sites for hydroxylation is 1. The Morgan fingerprint density at radius 1 is 1.27 bits per heavy atom. The van der Waals surface area contributed by atoms with Crippen LogP contribution in [0.3, 0.4) is 0 Å². The van der Waals surface area contributed by atoms with E-state index in [1.165, 1.54) is 11.3 Å². The van der Waals surface area contributed by atoms with Gasteiger partial charge in [0.1, 0.15) is 0 Å². The predicted octanol–water partition coefficient (Wildman–Crippen LogP) is 2.96. The van der Waals surface area contributed by atoms with Crippen molar-refractivity contribution in [1.29, 1.82) is 0 Å². The maximum Gasteiger partial charge on any atom is 0.173 e. The van der Waals surface area contributed by atoms with Gasteiger partial charge in [-0.1, -0.05) is 6.07 Å². The summed E-state index contributed by atoms with van der Waals surface area (Å²) in [6.07, 6.45) is 4.87. The average Bonchev–Trinajstić information content (AvgIpc) is 2.81. The fourth-order valence-corrected chi connectivity index (χ4v) is 2.06. The number of pyridine rings is 1. The Bertz CT molecular complexity index is 422. The minimum absolute atomic E-state index is 0.224. The lowest BCUT2D eigenvalue weighted by atomic mass is 10.1. The first kappa shape index (κ1) is 10.1. The molecule has 0 saturated carbocycles. The van der Waals surface area contributed by atoms with Crippen LogP contribution in [0, 0.1) is 0 Å². The molecular weight excluding hydrogens is 206 g/mol. The molecule has 0 unspecified atom stereocenters. The molecule has 2 rings (SSSR count). The van der Waals surface area contributed by atoms with Crippen LogP contribution in [0.4, 0.5) is 0 Å². The molecule has 2 aromatic rings. The predicted molar refractivity (Wildman–Crippen MR) is 61.2 cm³/mol. The van der Waals surface area contributed by atoms with E-state index >= 15 is 0 Å². The summed E-state index contributed by atoms with van der Waals surface area (Å²) >= 11 is 1.50. The zero-order valence-corrected chi connectivity index (χ0v) is 9.04. The molecule has 0 spiro atoms. The van der Waals surface area contributed by atoms with Crippen LogP contribution in [-0.2, 0) is 6.42 Å². The van der Waals surface area contributed by atoms with Crippen LogP contribution < -0.4 is 0 Å². The quantitative estimate of drug-likeness (QED) is 0.737. The molecule has 0 fully saturated rings. The number of aromatic nitrogens is 1. The summed E-state index contributed by atoms with van der Waals surface area (Å²) < 4.78 is 0. The minimum Gasteiger partial charge on any atom is -0.293 e. The molecule has 0 bridgehead atoms. The Hall–Kier alpha value is -1.48. The standard InChI is InChI=1S/C12H11NOS/c14-11(12-2-1-9-15-12)4-3-10-5-7-13-8-6-10/h1-2,5-9H,3-4H2. The zero-order chi connectivity index (χ0) is 10.5. The molecule has 0 radical (unpaired) electrons. The summed E-state index contributed by atoms with van der Waals surface area (Å²) in [4.78, 5) is 16.5. The van der Waals surface area contributed by atoms with E-state index in [9.17, 15) is 4.79 Å². The molecule has 2 nitrogen and oxygen atoms in total. The van der Waals surface area contributed by atoms with Crippen LogP contribution in [-0.4, -0.2) is 10.8 Å². The summed E-state index contributed by atoms with van der Waals surface area (Å²) in [6, 6.07) is 7.67. The van der Waals surface area contributed by atoms with Crippen molar-refractivity contribution < 1.29 is 4.79 Å². The van der Waals surface area contributed by atoms with Crippen LogP contribution in [0.25, 0.3) is 0 Å². The third-order valence-corrected chi connectivity index (χ3v) is 3.10. The maximum absolute atomic E-state index is 11.7. The van der Waals surface area contributed by atoms with Gasteiger partial charge in [-0.25, -0.2) is 0 Å². The van der Waals surface area contributed by atoms with E-state index in [0.29, 0.717) is 6.42 Å². The van der Waals surface area contributed by atoms with Crippen molar-refractivity contribution in [3.05, 3.63) is 52.5 Å². The van der Waals surface area contributed by atoms with Crippen molar-refractivity contribution in [1.82, 2.24) is 4.98 Å². The number of rotatable bonds is 4. The summed E-state index contributed by atoms with van der Waals surface area (Å²) in [5, 5.41) is 1.93. The number of ketones is 1. The van der Waals surface area contributed by atoms with Gasteiger partial charge in [0.2, 0.25) is 0 Å². The Kier molecular flexibility index (Phi) is 3.25. The van der Waals surface area contributed by atoms with Gasteiger partial charge in [-0.2, -0.15) is 0 Å². The number of thiophene rings is 1. The lowest BCUT2D eigenvalue weighted by Gasteiger charge is -1.98. The summed E-state index contributed by atoms with van der Waals surface area (Å²) in [7, 11) is 0. The number of carbonyl (C=O) groups excluding carboxylic acids is 1. The highest BCUT2D eigenvalue weighted by molar-refractivity contribution is 7.12. The largest absolute Gasteiger partial charge is 0.293 e. The van der Waals surface area contributed by atoms with E-state index in [1.54, 1.807) is 12.4 Å². The topological polar surface area (TPSA) is 30.0 Å². The summed E-state index contributed by atoms with van der Waals surface area (Å²) in [6.45, 7) is 0. The van der Waals surface area contributed by atoms with E-state index in [1.807, 2.05) is 29.6 Å². The number of hydrogen-bond acceptors (Lipinski definition) is 3. The second kappa shape index (κ2) is 4.84. The number of carbonyl (C=O) groups is 1. The Morgan fingerprint density at radius 3 is 2.73 bits per heavy atom. The van der Waals surface area contributed by atoms with Crippen LogP contribution in [0.15, 0.2) is 42.0 Å². The van der Waals surface area contributed by atoms with E-state index in [4.69, 9.17) is 0 Å². The average molecular weight is 217 g/mol. The zero-order valence-electron chi connectivity index (χ0n) is 8.22. The van der Waals surface area contributed by atoms with Crippen molar-refractivity contribution in [2.24, 2.45) is 0 Å². The Labute approximate surface area is 92.6 Å². The molecule has 0 amide bonds. The summed E-state index contributed by atoms with van der Waals surface area (Å²) in [5.74, 6) is 0.224. The van der Waals surface area contributed by atoms with Gasteiger partial charge in [0, 0.05) is 18.8 Å². The van der Waals surface area contributed by atoms with Gasteiger partial charge in [-0.3, -0.25) is 9.78 Å². The third kappa shape index (κ3) is 2.73. The monoisotopic (exact) mass is 217 g/mol. The fourth-order valence-electron chi connectivity index (χ4n) is 1.37. The van der Waals surface area contributed by atoms with E-state index in [-0.39, 0.29) is 5.78 Å². The number of hydrogen-bond donors (Lipinski definition) is 0. The SMILES string of the molecule is O=C(CCc1ccncc1)c1cccs1. The van der Waals surface area contributed by atoms with Gasteiger partial charge in [-0.15, -0.1) is 11.3 Å². The van der Waals surface area contributed by atoms with Crippen LogP contribution in [0.1, 0.15) is 21.7 Å². The van der Waals surface area contributed by atoms with Gasteiger partial charge in [0.15, 0.2) is 5.78 Å². The highest BCUT2D eigenvalue weighted by Crippen LogP contribution is 2.13. The fraction of sp³-hybridized carbons (Fsp3) is 0.167. The van der Waals surface area contributed by atoms with Crippen LogP contribution >= 0.6 is 11.3 Å². The van der Waals surface area contributed by atoms with Gasteiger partial charge in [0.05, 0.1) is 4.88 Å². The van der Waals surface area contributed by atoms with Gasteiger partial charge in [0.25, 0.3) is 0 Å². The highest BCUT2D eigenvalue weighted by Gasteiger charge is 2.06. The first-order chi connectivity index (χ1) is 7.36. The molecule has 0 aliphatic rings. The third-order valence-electron chi connectivity index (χ3n) is 2.19. The van der Waals surface area contributed by atoms with Crippen molar-refractivity contribution in [2.45, 2.75) is 12.8 Å². The van der Waals surface area contributed by atoms with Crippen molar-refractivity contribution in [3.63, 3.8) is 0 Å². The van der Waals surface area contributed by atoms with Crippen LogP contribution in [0.2, 0.25) is 0 Å². The van der Waals surface area contributed by atoms with Crippen molar-refractivity contribution in [3.8, 4) is 0 Å². The first-order valence-electron chi connectivity index (χ1n) is 4.82. The van der Waals surface area contributed by atoms with Crippen LogP contribution in [0.5, 0.6) is 0 Å². The molecule has 2 heterocycles. The van der Waals surface area contributed by atoms with E-state index < -0.39 is 0 Å². The molecule has 0 atom stereocenters. The highest BCUT2D eigenvalue weighted by atomic mass is 32.1. The molecule has 15 heavy (non-hydrogen) atoms. The molecule has 0 saturated heterocycles. The molecule has 3 heteroatoms. The second-order valence-corrected chi connectivity index (χ2v) is 4.20. The molecule has 0 aliphatic carbocycles. The number of Topliss-reactive ketones (excluding diaryl/α,β-unsaturated/α-hetero) is 1. The van der Waals surface area contributed by atoms with Gasteiger partial charge < -0.3 is 0 Å². The summed E-state index contributed by atoms with van der Waals surface area (Å²) in [5.41, 5.74) is 1.16. The Morgan fingerprint density at radius 2 is 2.07 bits per heavy atom. The molecule has 0 aromatic carbocycles. The molecule has 76 valence electrons. The second-order valence-electron chi connectivity index (χ2n) is 3.26. The smallest absolute Gasteiger partial charge is 0.173 e. The molecule has 0 N–H and O–H groups in total. The van der Waals surface area contributed by atoms with Crippen molar-refractivity contribution in [2.75, 3.05) is 0 Å². The minimum atomic E-state index is 0.224. The molecular formula is C12H11NOS. The van der Waals surface area contributed by atoms with E-state index in [0.717, 1.165) is 16.9 Å². The van der Waals surface area contributed by atoms with Crippen molar-refractivity contribution >= 4 is 17.1 Å². The van der Waals surface area contributed by atoms with Gasteiger partial charge >= 0.3 is 0 Å².